The minimum atomic E-state index is -1.56. The van der Waals surface area contributed by atoms with Crippen molar-refractivity contribution in [1.29, 1.82) is 0 Å². The lowest BCUT2D eigenvalue weighted by Crippen LogP contribution is -2.33. The highest BCUT2D eigenvalue weighted by Crippen LogP contribution is 2.14. The highest BCUT2D eigenvalue weighted by atomic mass is 16.4. The van der Waals surface area contributed by atoms with Crippen molar-refractivity contribution in [3.8, 4) is 0 Å². The van der Waals surface area contributed by atoms with Crippen LogP contribution in [0.1, 0.15) is 17.2 Å². The Morgan fingerprint density at radius 3 is 2.29 bits per heavy atom. The molecular weight excluding hydrogens is 182 g/mol. The summed E-state index contributed by atoms with van der Waals surface area (Å²) in [5.74, 6) is -1.31. The lowest BCUT2D eigenvalue weighted by molar-refractivity contribution is -0.147. The number of aliphatic carboxylic acids is 1. The zero-order valence-corrected chi connectivity index (χ0v) is 7.84. The van der Waals surface area contributed by atoms with Gasteiger partial charge in [0.1, 0.15) is 0 Å². The van der Waals surface area contributed by atoms with E-state index in [1.807, 2.05) is 19.1 Å². The van der Waals surface area contributed by atoms with Crippen LogP contribution in [0.3, 0.4) is 0 Å². The van der Waals surface area contributed by atoms with Crippen LogP contribution in [0, 0.1) is 6.92 Å². The molecule has 0 amide bonds. The zero-order chi connectivity index (χ0) is 10.7. The van der Waals surface area contributed by atoms with Gasteiger partial charge in [-0.3, -0.25) is 0 Å². The summed E-state index contributed by atoms with van der Waals surface area (Å²) in [6, 6.07) is 6.19. The summed E-state index contributed by atoms with van der Waals surface area (Å²) in [7, 11) is 0. The van der Waals surface area contributed by atoms with Crippen molar-refractivity contribution in [2.75, 3.05) is 0 Å². The SMILES string of the molecule is Cc1ccc([C@@H](N)[C@H](O)C(=O)O)cc1. The number of benzene rings is 1. The molecule has 14 heavy (non-hydrogen) atoms. The number of carboxylic acid groups (broad SMARTS) is 1. The van der Waals surface area contributed by atoms with Crippen molar-refractivity contribution < 1.29 is 15.0 Å². The lowest BCUT2D eigenvalue weighted by atomic mass is 10.0. The van der Waals surface area contributed by atoms with E-state index in [2.05, 4.69) is 0 Å². The van der Waals surface area contributed by atoms with Crippen molar-refractivity contribution >= 4 is 5.97 Å². The van der Waals surface area contributed by atoms with E-state index in [-0.39, 0.29) is 0 Å². The molecule has 4 heteroatoms. The Kier molecular flexibility index (Phi) is 3.22. The van der Waals surface area contributed by atoms with Crippen LogP contribution >= 0.6 is 0 Å². The Hall–Kier alpha value is -1.39. The molecule has 0 aliphatic heterocycles. The number of hydrogen-bond donors (Lipinski definition) is 3. The van der Waals surface area contributed by atoms with Gasteiger partial charge < -0.3 is 15.9 Å². The Bertz CT molecular complexity index is 321. The molecule has 0 unspecified atom stereocenters. The predicted molar refractivity (Wildman–Crippen MR) is 51.8 cm³/mol. The quantitative estimate of drug-likeness (QED) is 0.653. The fourth-order valence-corrected chi connectivity index (χ4v) is 1.12. The molecule has 1 rings (SSSR count). The first-order valence-corrected chi connectivity index (χ1v) is 4.25. The molecule has 2 atom stereocenters. The number of rotatable bonds is 3. The Balaban J connectivity index is 2.84. The van der Waals surface area contributed by atoms with E-state index in [0.717, 1.165) is 5.56 Å². The molecule has 0 radical (unpaired) electrons. The smallest absolute Gasteiger partial charge is 0.334 e. The number of aryl methyl sites for hydroxylation is 1. The molecule has 0 fully saturated rings. The van der Waals surface area contributed by atoms with Crippen molar-refractivity contribution in [3.63, 3.8) is 0 Å². The summed E-state index contributed by atoms with van der Waals surface area (Å²) in [6.45, 7) is 1.92. The normalized spacial score (nSPS) is 14.8. The van der Waals surface area contributed by atoms with Gasteiger partial charge in [0.2, 0.25) is 0 Å². The number of carbonyl (C=O) groups is 1. The first-order chi connectivity index (χ1) is 6.52. The second kappa shape index (κ2) is 4.21. The van der Waals surface area contributed by atoms with Crippen LogP contribution in [-0.2, 0) is 4.79 Å². The molecule has 0 aromatic heterocycles. The van der Waals surface area contributed by atoms with Crippen LogP contribution in [0.4, 0.5) is 0 Å². The monoisotopic (exact) mass is 195 g/mol. The first kappa shape index (κ1) is 10.7. The Morgan fingerprint density at radius 2 is 1.86 bits per heavy atom. The molecule has 0 aliphatic rings. The molecule has 0 heterocycles. The van der Waals surface area contributed by atoms with Gasteiger partial charge >= 0.3 is 5.97 Å². The first-order valence-electron chi connectivity index (χ1n) is 4.25. The number of aliphatic hydroxyl groups is 1. The van der Waals surface area contributed by atoms with Gasteiger partial charge in [-0.05, 0) is 12.5 Å². The average molecular weight is 195 g/mol. The van der Waals surface area contributed by atoms with E-state index in [1.165, 1.54) is 0 Å². The van der Waals surface area contributed by atoms with E-state index in [9.17, 15) is 9.90 Å². The molecule has 1 aromatic rings. The van der Waals surface area contributed by atoms with Gasteiger partial charge in [-0.15, -0.1) is 0 Å². The van der Waals surface area contributed by atoms with Crippen LogP contribution in [0.2, 0.25) is 0 Å². The summed E-state index contributed by atoms with van der Waals surface area (Å²) >= 11 is 0. The highest BCUT2D eigenvalue weighted by Gasteiger charge is 2.23. The molecular formula is C10H13NO3. The maximum atomic E-state index is 10.5. The maximum absolute atomic E-state index is 10.5. The summed E-state index contributed by atoms with van der Waals surface area (Å²) < 4.78 is 0. The average Bonchev–Trinajstić information content (AvgIpc) is 2.16. The third-order valence-electron chi connectivity index (χ3n) is 2.06. The Morgan fingerprint density at radius 1 is 1.36 bits per heavy atom. The van der Waals surface area contributed by atoms with Crippen molar-refractivity contribution in [2.45, 2.75) is 19.1 Å². The number of nitrogens with two attached hydrogens (primary N) is 1. The van der Waals surface area contributed by atoms with Gasteiger partial charge in [-0.2, -0.15) is 0 Å². The molecule has 4 nitrogen and oxygen atoms in total. The van der Waals surface area contributed by atoms with Crippen LogP contribution in [-0.4, -0.2) is 22.3 Å². The van der Waals surface area contributed by atoms with E-state index in [0.29, 0.717) is 5.56 Å². The molecule has 0 bridgehead atoms. The lowest BCUT2D eigenvalue weighted by Gasteiger charge is -2.15. The van der Waals surface area contributed by atoms with Crippen molar-refractivity contribution in [1.82, 2.24) is 0 Å². The van der Waals surface area contributed by atoms with Crippen LogP contribution in [0.15, 0.2) is 24.3 Å². The highest BCUT2D eigenvalue weighted by molar-refractivity contribution is 5.73. The van der Waals surface area contributed by atoms with Crippen LogP contribution in [0.25, 0.3) is 0 Å². The minimum Gasteiger partial charge on any atom is -0.479 e. The van der Waals surface area contributed by atoms with E-state index in [1.54, 1.807) is 12.1 Å². The number of carboxylic acids is 1. The predicted octanol–water partition coefficient (Wildman–Crippen LogP) is 0.440. The van der Waals surface area contributed by atoms with Crippen molar-refractivity contribution in [3.05, 3.63) is 35.4 Å². The summed E-state index contributed by atoms with van der Waals surface area (Å²) in [5, 5.41) is 17.7. The van der Waals surface area contributed by atoms with E-state index in [4.69, 9.17) is 10.8 Å². The third-order valence-corrected chi connectivity index (χ3v) is 2.06. The Labute approximate surface area is 82.0 Å². The van der Waals surface area contributed by atoms with Gasteiger partial charge in [0.25, 0.3) is 0 Å². The zero-order valence-electron chi connectivity index (χ0n) is 7.84. The molecule has 0 saturated carbocycles. The third kappa shape index (κ3) is 2.31. The summed E-state index contributed by atoms with van der Waals surface area (Å²) in [4.78, 5) is 10.5. The van der Waals surface area contributed by atoms with Crippen LogP contribution in [0.5, 0.6) is 0 Å². The molecule has 1 aromatic carbocycles. The second-order valence-electron chi connectivity index (χ2n) is 3.22. The maximum Gasteiger partial charge on any atom is 0.334 e. The fraction of sp³-hybridized carbons (Fsp3) is 0.300. The van der Waals surface area contributed by atoms with Gasteiger partial charge in [0.05, 0.1) is 6.04 Å². The van der Waals surface area contributed by atoms with E-state index < -0.39 is 18.1 Å². The standard InChI is InChI=1S/C10H13NO3/c1-6-2-4-7(5-3-6)8(11)9(12)10(13)14/h2-5,8-9,12H,11H2,1H3,(H,13,14)/t8-,9+/m1/s1. The number of hydrogen-bond acceptors (Lipinski definition) is 3. The summed E-state index contributed by atoms with van der Waals surface area (Å²) in [6.07, 6.45) is -1.56. The molecule has 76 valence electrons. The largest absolute Gasteiger partial charge is 0.479 e. The molecule has 0 spiro atoms. The minimum absolute atomic E-state index is 0.616. The number of aliphatic hydroxyl groups excluding tert-OH is 1. The van der Waals surface area contributed by atoms with Gasteiger partial charge in [-0.1, -0.05) is 29.8 Å². The second-order valence-corrected chi connectivity index (χ2v) is 3.22. The molecule has 4 N–H and O–H groups in total. The molecule has 0 aliphatic carbocycles. The topological polar surface area (TPSA) is 83.5 Å². The van der Waals surface area contributed by atoms with Gasteiger partial charge in [0.15, 0.2) is 6.10 Å². The van der Waals surface area contributed by atoms with E-state index >= 15 is 0 Å². The van der Waals surface area contributed by atoms with Gasteiger partial charge in [0, 0.05) is 0 Å². The summed E-state index contributed by atoms with van der Waals surface area (Å²) in [5.41, 5.74) is 7.24. The van der Waals surface area contributed by atoms with Crippen LogP contribution < -0.4 is 5.73 Å². The van der Waals surface area contributed by atoms with Gasteiger partial charge in [-0.25, -0.2) is 4.79 Å². The molecule has 0 saturated heterocycles. The fourth-order valence-electron chi connectivity index (χ4n) is 1.12. The van der Waals surface area contributed by atoms with Crippen molar-refractivity contribution in [2.24, 2.45) is 5.73 Å².